The first kappa shape index (κ1) is 19.5. The fraction of sp³-hybridized carbons (Fsp3) is 0.125. The molecule has 8 nitrogen and oxygen atoms in total. The van der Waals surface area contributed by atoms with Crippen LogP contribution in [0.25, 0.3) is 0 Å². The first-order chi connectivity index (χ1) is 12.3. The van der Waals surface area contributed by atoms with Crippen LogP contribution >= 0.6 is 23.2 Å². The van der Waals surface area contributed by atoms with Crippen LogP contribution in [0, 0.1) is 20.2 Å². The Balaban J connectivity index is 2.46. The summed E-state index contributed by atoms with van der Waals surface area (Å²) >= 11 is 11.5. The number of non-ortho nitro benzene ring substituents is 2. The Morgan fingerprint density at radius 2 is 1.12 bits per heavy atom. The van der Waals surface area contributed by atoms with Crippen molar-refractivity contribution in [2.24, 2.45) is 0 Å². The van der Waals surface area contributed by atoms with Crippen molar-refractivity contribution in [3.8, 4) is 0 Å². The summed E-state index contributed by atoms with van der Waals surface area (Å²) in [5.41, 5.74) is -0.408. The van der Waals surface area contributed by atoms with Crippen LogP contribution in [0.15, 0.2) is 36.4 Å². The molecular formula is C16H10Cl2N2O6. The number of nitro groups is 2. The van der Waals surface area contributed by atoms with Gasteiger partial charge in [0, 0.05) is 47.2 Å². The normalized spacial score (nSPS) is 10.4. The van der Waals surface area contributed by atoms with Crippen molar-refractivity contribution < 1.29 is 19.4 Å². The molecule has 26 heavy (non-hydrogen) atoms. The van der Waals surface area contributed by atoms with Gasteiger partial charge in [-0.3, -0.25) is 29.8 Å². The molecule has 0 radical (unpaired) electrons. The van der Waals surface area contributed by atoms with Crippen molar-refractivity contribution in [2.45, 2.75) is 11.8 Å². The highest BCUT2D eigenvalue weighted by Gasteiger charge is 2.25. The van der Waals surface area contributed by atoms with Crippen LogP contribution in [0.3, 0.4) is 0 Å². The van der Waals surface area contributed by atoms with Crippen molar-refractivity contribution >= 4 is 46.1 Å². The Morgan fingerprint density at radius 3 is 1.38 bits per heavy atom. The second kappa shape index (κ2) is 8.03. The molecule has 0 atom stereocenters. The van der Waals surface area contributed by atoms with Crippen molar-refractivity contribution in [1.82, 2.24) is 0 Å². The summed E-state index contributed by atoms with van der Waals surface area (Å²) in [6.45, 7) is 0. The van der Waals surface area contributed by atoms with E-state index in [1.54, 1.807) is 0 Å². The third kappa shape index (κ3) is 3.87. The van der Waals surface area contributed by atoms with E-state index in [1.807, 2.05) is 0 Å². The largest absolute Gasteiger partial charge is 0.285 e. The summed E-state index contributed by atoms with van der Waals surface area (Å²) in [6.07, 6.45) is 0. The number of hydrogen-bond donors (Lipinski definition) is 0. The Kier molecular flexibility index (Phi) is 6.01. The Hall–Kier alpha value is -2.84. The number of hydrogen-bond acceptors (Lipinski definition) is 6. The zero-order valence-electron chi connectivity index (χ0n) is 13.0. The molecule has 0 aromatic heterocycles. The highest BCUT2D eigenvalue weighted by Crippen LogP contribution is 2.24. The van der Waals surface area contributed by atoms with Gasteiger partial charge in [-0.05, 0) is 23.3 Å². The first-order valence-corrected chi connectivity index (χ1v) is 8.12. The molecule has 10 heteroatoms. The maximum atomic E-state index is 12.5. The zero-order chi connectivity index (χ0) is 19.4. The Bertz CT molecular complexity index is 853. The molecule has 0 bridgehead atoms. The minimum Gasteiger partial charge on any atom is -0.285 e. The smallest absolute Gasteiger partial charge is 0.269 e. The number of Topliss-reactive ketones (excluding diaryl/α,β-unsaturated/α-hetero) is 2. The number of ketones is 2. The Labute approximate surface area is 156 Å². The van der Waals surface area contributed by atoms with E-state index in [1.165, 1.54) is 0 Å². The van der Waals surface area contributed by atoms with E-state index >= 15 is 0 Å². The van der Waals surface area contributed by atoms with Crippen LogP contribution in [-0.4, -0.2) is 21.4 Å². The summed E-state index contributed by atoms with van der Waals surface area (Å²) in [4.78, 5) is 45.4. The van der Waals surface area contributed by atoms with E-state index in [-0.39, 0.29) is 45.4 Å². The highest BCUT2D eigenvalue weighted by molar-refractivity contribution is 6.50. The van der Waals surface area contributed by atoms with Crippen molar-refractivity contribution in [3.05, 3.63) is 78.9 Å². The average molecular weight is 397 g/mol. The number of nitrogens with zero attached hydrogens (tertiary/aromatic N) is 2. The highest BCUT2D eigenvalue weighted by atomic mass is 35.5. The lowest BCUT2D eigenvalue weighted by molar-refractivity contribution is -0.385. The summed E-state index contributed by atoms with van der Waals surface area (Å²) < 4.78 is 0. The lowest BCUT2D eigenvalue weighted by atomic mass is 9.95. The minimum absolute atomic E-state index is 0.0746. The molecular weight excluding hydrogens is 387 g/mol. The fourth-order valence-corrected chi connectivity index (χ4v) is 2.74. The molecule has 134 valence electrons. The van der Waals surface area contributed by atoms with Crippen LogP contribution in [0.1, 0.15) is 31.8 Å². The van der Waals surface area contributed by atoms with Crippen molar-refractivity contribution in [3.63, 3.8) is 0 Å². The van der Waals surface area contributed by atoms with Crippen molar-refractivity contribution in [1.29, 1.82) is 0 Å². The van der Waals surface area contributed by atoms with Gasteiger partial charge in [-0.2, -0.15) is 0 Å². The molecule has 0 saturated heterocycles. The molecule has 0 saturated carbocycles. The predicted molar refractivity (Wildman–Crippen MR) is 94.0 cm³/mol. The lowest BCUT2D eigenvalue weighted by Gasteiger charge is -2.08. The summed E-state index contributed by atoms with van der Waals surface area (Å²) in [5, 5.41) is 21.6. The van der Waals surface area contributed by atoms with E-state index in [0.29, 0.717) is 0 Å². The van der Waals surface area contributed by atoms with Gasteiger partial charge in [-0.1, -0.05) is 0 Å². The number of nitro benzene ring substituents is 2. The monoisotopic (exact) mass is 396 g/mol. The number of halogens is 2. The molecule has 0 N–H and O–H groups in total. The van der Waals surface area contributed by atoms with Gasteiger partial charge >= 0.3 is 0 Å². The second-order valence-corrected chi connectivity index (χ2v) is 5.66. The minimum atomic E-state index is -0.934. The summed E-state index contributed by atoms with van der Waals surface area (Å²) in [6, 6.07) is 6.73. The molecule has 0 unspecified atom stereocenters. The molecule has 0 aliphatic rings. The van der Waals surface area contributed by atoms with Crippen molar-refractivity contribution in [2.75, 3.05) is 0 Å². The first-order valence-electron chi connectivity index (χ1n) is 7.05. The fourth-order valence-electron chi connectivity index (χ4n) is 2.30. The van der Waals surface area contributed by atoms with Crippen LogP contribution in [0.5, 0.6) is 0 Å². The SMILES string of the molecule is O=C(C(=O)c1ccc([N+](=O)[O-])cc1CCl)c1ccc([N+](=O)[O-])cc1CCl. The van der Waals surface area contributed by atoms with E-state index in [0.717, 1.165) is 36.4 Å². The maximum Gasteiger partial charge on any atom is 0.269 e. The van der Waals surface area contributed by atoms with Gasteiger partial charge in [-0.15, -0.1) is 23.2 Å². The lowest BCUT2D eigenvalue weighted by Crippen LogP contribution is -2.18. The van der Waals surface area contributed by atoms with E-state index < -0.39 is 21.4 Å². The van der Waals surface area contributed by atoms with Crippen LogP contribution in [-0.2, 0) is 11.8 Å². The van der Waals surface area contributed by atoms with Gasteiger partial charge in [0.05, 0.1) is 9.85 Å². The third-order valence-corrected chi connectivity index (χ3v) is 4.16. The number of alkyl halides is 2. The number of carbonyl (C=O) groups is 2. The quantitative estimate of drug-likeness (QED) is 0.229. The number of carbonyl (C=O) groups excluding carboxylic acids is 2. The molecule has 0 heterocycles. The maximum absolute atomic E-state index is 12.5. The van der Waals surface area contributed by atoms with Gasteiger partial charge < -0.3 is 0 Å². The molecule has 2 rings (SSSR count). The average Bonchev–Trinajstić information content (AvgIpc) is 2.65. The van der Waals surface area contributed by atoms with Gasteiger partial charge in [0.1, 0.15) is 0 Å². The molecule has 0 fully saturated rings. The zero-order valence-corrected chi connectivity index (χ0v) is 14.5. The molecule has 0 aliphatic carbocycles. The number of benzene rings is 2. The molecule has 2 aromatic rings. The Morgan fingerprint density at radius 1 is 0.769 bits per heavy atom. The van der Waals surface area contributed by atoms with E-state index in [2.05, 4.69) is 0 Å². The molecule has 0 aliphatic heterocycles. The third-order valence-electron chi connectivity index (χ3n) is 3.58. The van der Waals surface area contributed by atoms with E-state index in [4.69, 9.17) is 23.2 Å². The molecule has 0 amide bonds. The second-order valence-electron chi connectivity index (χ2n) is 5.12. The van der Waals surface area contributed by atoms with Crippen LogP contribution in [0.4, 0.5) is 11.4 Å². The summed E-state index contributed by atoms with van der Waals surface area (Å²) in [5.74, 6) is -2.29. The van der Waals surface area contributed by atoms with Gasteiger partial charge in [0.2, 0.25) is 11.6 Å². The van der Waals surface area contributed by atoms with Gasteiger partial charge in [0.15, 0.2) is 0 Å². The van der Waals surface area contributed by atoms with Crippen LogP contribution < -0.4 is 0 Å². The van der Waals surface area contributed by atoms with Crippen LogP contribution in [0.2, 0.25) is 0 Å². The molecule has 0 spiro atoms. The topological polar surface area (TPSA) is 120 Å². The molecule has 2 aromatic carbocycles. The number of rotatable bonds is 7. The van der Waals surface area contributed by atoms with E-state index in [9.17, 15) is 29.8 Å². The standard InChI is InChI=1S/C16H10Cl2N2O6/c17-7-9-5-11(19(23)24)1-3-13(9)15(21)16(22)14-4-2-12(20(25)26)6-10(14)8-18/h1-6H,7-8H2. The predicted octanol–water partition coefficient (Wildman–Crippen LogP) is 4.05. The van der Waals surface area contributed by atoms with Gasteiger partial charge in [0.25, 0.3) is 11.4 Å². The summed E-state index contributed by atoms with van der Waals surface area (Å²) in [7, 11) is 0. The van der Waals surface area contributed by atoms with Gasteiger partial charge in [-0.25, -0.2) is 0 Å².